The normalized spacial score (nSPS) is 19.8. The lowest BCUT2D eigenvalue weighted by Crippen LogP contribution is -2.21. The Bertz CT molecular complexity index is 272. The average molecular weight is 251 g/mol. The van der Waals surface area contributed by atoms with Gasteiger partial charge in [0.2, 0.25) is 0 Å². The molecule has 0 heterocycles. The molecule has 0 unspecified atom stereocenters. The molecule has 0 radical (unpaired) electrons. The summed E-state index contributed by atoms with van der Waals surface area (Å²) in [6, 6.07) is 0. The second kappa shape index (κ2) is 5.27. The molecule has 1 saturated carbocycles. The third-order valence-electron chi connectivity index (χ3n) is 2.80. The molecular formula is C12H20F3NO. The summed E-state index contributed by atoms with van der Waals surface area (Å²) >= 11 is 0. The maximum Gasteiger partial charge on any atom is 0.593 e. The SMILES string of the molecule is CC(C)(C)C/C(=N\OC(F)(F)F)C1CCCC1. The van der Waals surface area contributed by atoms with Gasteiger partial charge < -0.3 is 0 Å². The summed E-state index contributed by atoms with van der Waals surface area (Å²) < 4.78 is 36.0. The van der Waals surface area contributed by atoms with Crippen molar-refractivity contribution in [2.24, 2.45) is 16.5 Å². The molecule has 0 aliphatic heterocycles. The van der Waals surface area contributed by atoms with Gasteiger partial charge in [0, 0.05) is 5.92 Å². The predicted molar refractivity (Wildman–Crippen MR) is 60.6 cm³/mol. The van der Waals surface area contributed by atoms with Crippen LogP contribution in [0.2, 0.25) is 0 Å². The molecular weight excluding hydrogens is 231 g/mol. The molecule has 0 atom stereocenters. The Morgan fingerprint density at radius 1 is 1.18 bits per heavy atom. The molecule has 2 nitrogen and oxygen atoms in total. The lowest BCUT2D eigenvalue weighted by molar-refractivity contribution is -0.325. The highest BCUT2D eigenvalue weighted by Crippen LogP contribution is 2.32. The van der Waals surface area contributed by atoms with E-state index in [9.17, 15) is 13.2 Å². The van der Waals surface area contributed by atoms with Crippen molar-refractivity contribution in [3.63, 3.8) is 0 Å². The van der Waals surface area contributed by atoms with Gasteiger partial charge in [-0.05, 0) is 24.7 Å². The molecule has 1 fully saturated rings. The van der Waals surface area contributed by atoms with E-state index in [0.29, 0.717) is 12.1 Å². The molecule has 1 aliphatic rings. The summed E-state index contributed by atoms with van der Waals surface area (Å²) in [7, 11) is 0. The van der Waals surface area contributed by atoms with Crippen LogP contribution < -0.4 is 0 Å². The highest BCUT2D eigenvalue weighted by atomic mass is 19.4. The van der Waals surface area contributed by atoms with E-state index in [1.807, 2.05) is 20.8 Å². The first-order valence-corrected chi connectivity index (χ1v) is 5.99. The second-order valence-electron chi connectivity index (χ2n) is 5.84. The van der Waals surface area contributed by atoms with E-state index in [1.54, 1.807) is 0 Å². The number of oxime groups is 1. The molecule has 1 aliphatic carbocycles. The maximum atomic E-state index is 12.0. The highest BCUT2D eigenvalue weighted by Gasteiger charge is 2.33. The van der Waals surface area contributed by atoms with Gasteiger partial charge in [0.25, 0.3) is 0 Å². The van der Waals surface area contributed by atoms with Crippen LogP contribution in [0.1, 0.15) is 52.9 Å². The number of hydrogen-bond donors (Lipinski definition) is 0. The van der Waals surface area contributed by atoms with E-state index in [-0.39, 0.29) is 11.3 Å². The molecule has 0 aromatic heterocycles. The molecule has 0 amide bonds. The molecule has 0 aromatic rings. The standard InChI is InChI=1S/C12H20F3NO/c1-11(2,3)8-10(9-6-4-5-7-9)16-17-12(13,14)15/h9H,4-8H2,1-3H3/b16-10+. The molecule has 5 heteroatoms. The zero-order valence-corrected chi connectivity index (χ0v) is 10.6. The minimum absolute atomic E-state index is 0.0730. The maximum absolute atomic E-state index is 12.0. The molecule has 0 spiro atoms. The van der Waals surface area contributed by atoms with Gasteiger partial charge in [-0.15, -0.1) is 13.2 Å². The summed E-state index contributed by atoms with van der Waals surface area (Å²) in [5, 5.41) is 3.35. The van der Waals surface area contributed by atoms with Crippen LogP contribution in [0.25, 0.3) is 0 Å². The van der Waals surface area contributed by atoms with Crippen molar-refractivity contribution in [2.45, 2.75) is 59.2 Å². The van der Waals surface area contributed by atoms with Crippen LogP contribution in [0.4, 0.5) is 13.2 Å². The smallest absolute Gasteiger partial charge is 0.294 e. The lowest BCUT2D eigenvalue weighted by atomic mass is 9.84. The van der Waals surface area contributed by atoms with Crippen molar-refractivity contribution in [3.8, 4) is 0 Å². The van der Waals surface area contributed by atoms with E-state index >= 15 is 0 Å². The Morgan fingerprint density at radius 3 is 2.12 bits per heavy atom. The topological polar surface area (TPSA) is 21.6 Å². The molecule has 17 heavy (non-hydrogen) atoms. The molecule has 0 saturated heterocycles. The van der Waals surface area contributed by atoms with Crippen molar-refractivity contribution < 1.29 is 18.0 Å². The van der Waals surface area contributed by atoms with Gasteiger partial charge in [-0.1, -0.05) is 38.8 Å². The monoisotopic (exact) mass is 251 g/mol. The van der Waals surface area contributed by atoms with Gasteiger partial charge in [0.15, 0.2) is 0 Å². The van der Waals surface area contributed by atoms with Crippen LogP contribution in [-0.4, -0.2) is 12.1 Å². The number of nitrogens with zero attached hydrogens (tertiary/aromatic N) is 1. The lowest BCUT2D eigenvalue weighted by Gasteiger charge is -2.22. The predicted octanol–water partition coefficient (Wildman–Crippen LogP) is 4.51. The van der Waals surface area contributed by atoms with Crippen molar-refractivity contribution in [1.29, 1.82) is 0 Å². The minimum Gasteiger partial charge on any atom is -0.294 e. The van der Waals surface area contributed by atoms with Crippen molar-refractivity contribution in [2.75, 3.05) is 0 Å². The summed E-state index contributed by atoms with van der Waals surface area (Å²) in [6.07, 6.45) is -0.137. The Labute approximate surface area is 100 Å². The van der Waals surface area contributed by atoms with Crippen LogP contribution in [0.5, 0.6) is 0 Å². The van der Waals surface area contributed by atoms with E-state index in [0.717, 1.165) is 25.7 Å². The van der Waals surface area contributed by atoms with Crippen molar-refractivity contribution >= 4 is 5.71 Å². The fourth-order valence-corrected chi connectivity index (χ4v) is 2.16. The van der Waals surface area contributed by atoms with Crippen LogP contribution in [0.3, 0.4) is 0 Å². The van der Waals surface area contributed by atoms with Gasteiger partial charge in [-0.3, -0.25) is 4.84 Å². The fraction of sp³-hybridized carbons (Fsp3) is 0.917. The van der Waals surface area contributed by atoms with Crippen molar-refractivity contribution in [1.82, 2.24) is 0 Å². The minimum atomic E-state index is -4.68. The molecule has 0 aromatic carbocycles. The third-order valence-corrected chi connectivity index (χ3v) is 2.80. The van der Waals surface area contributed by atoms with Gasteiger partial charge >= 0.3 is 6.36 Å². The van der Waals surface area contributed by atoms with E-state index in [1.165, 1.54) is 0 Å². The van der Waals surface area contributed by atoms with E-state index < -0.39 is 6.36 Å². The Morgan fingerprint density at radius 2 is 1.71 bits per heavy atom. The first-order chi connectivity index (χ1) is 7.67. The summed E-state index contributed by atoms with van der Waals surface area (Å²) in [6.45, 7) is 5.97. The summed E-state index contributed by atoms with van der Waals surface area (Å²) in [5.74, 6) is 0.163. The first kappa shape index (κ1) is 14.3. The highest BCUT2D eigenvalue weighted by molar-refractivity contribution is 5.87. The van der Waals surface area contributed by atoms with Crippen LogP contribution in [-0.2, 0) is 4.84 Å². The zero-order chi connectivity index (χ0) is 13.1. The van der Waals surface area contributed by atoms with Gasteiger partial charge in [0.1, 0.15) is 0 Å². The largest absolute Gasteiger partial charge is 0.593 e. The number of alkyl halides is 3. The first-order valence-electron chi connectivity index (χ1n) is 5.99. The molecule has 0 bridgehead atoms. The Balaban J connectivity index is 2.71. The number of hydrogen-bond acceptors (Lipinski definition) is 2. The third kappa shape index (κ3) is 5.94. The summed E-state index contributed by atoms with van der Waals surface area (Å²) in [5.41, 5.74) is 0.489. The van der Waals surface area contributed by atoms with E-state index in [4.69, 9.17) is 0 Å². The Hall–Kier alpha value is -0.740. The number of rotatable bonds is 3. The molecule has 100 valence electrons. The van der Waals surface area contributed by atoms with Crippen LogP contribution >= 0.6 is 0 Å². The quantitative estimate of drug-likeness (QED) is 0.534. The van der Waals surface area contributed by atoms with Crippen LogP contribution in [0, 0.1) is 11.3 Å². The second-order valence-corrected chi connectivity index (χ2v) is 5.84. The fourth-order valence-electron chi connectivity index (χ4n) is 2.16. The van der Waals surface area contributed by atoms with Gasteiger partial charge in [-0.25, -0.2) is 0 Å². The number of halogens is 3. The Kier molecular flexibility index (Phi) is 4.44. The van der Waals surface area contributed by atoms with E-state index in [2.05, 4.69) is 9.99 Å². The van der Waals surface area contributed by atoms with Gasteiger partial charge in [0.05, 0.1) is 5.71 Å². The van der Waals surface area contributed by atoms with Crippen molar-refractivity contribution in [3.05, 3.63) is 0 Å². The average Bonchev–Trinajstić information content (AvgIpc) is 2.61. The van der Waals surface area contributed by atoms with Gasteiger partial charge in [-0.2, -0.15) is 0 Å². The zero-order valence-electron chi connectivity index (χ0n) is 10.6. The summed E-state index contributed by atoms with van der Waals surface area (Å²) in [4.78, 5) is 3.64. The molecule has 0 N–H and O–H groups in total. The van der Waals surface area contributed by atoms with Crippen LogP contribution in [0.15, 0.2) is 5.16 Å². The molecule has 1 rings (SSSR count).